The van der Waals surface area contributed by atoms with Gasteiger partial charge >= 0.3 is 12.1 Å². The zero-order chi connectivity index (χ0) is 29.4. The fraction of sp³-hybridized carbons (Fsp3) is 0.333. The zero-order valence-corrected chi connectivity index (χ0v) is 22.8. The number of carboxylic acid groups (broad SMARTS) is 1. The number of methoxy groups -OCH3 is 1. The number of amides is 1. The lowest BCUT2D eigenvalue weighted by Crippen LogP contribution is -2.25. The topological polar surface area (TPSA) is 120 Å². The molecule has 3 heterocycles. The highest BCUT2D eigenvalue weighted by atomic mass is 32.1. The summed E-state index contributed by atoms with van der Waals surface area (Å²) in [5, 5.41) is 11.4. The molecule has 3 aromatic heterocycles. The van der Waals surface area contributed by atoms with E-state index in [-0.39, 0.29) is 17.6 Å². The molecule has 9 nitrogen and oxygen atoms in total. The molecule has 0 fully saturated rings. The number of halogens is 3. The quantitative estimate of drug-likeness (QED) is 0.272. The normalized spacial score (nSPS) is 11.4. The van der Waals surface area contributed by atoms with Crippen LogP contribution in [-0.4, -0.2) is 59.1 Å². The molecule has 0 aliphatic rings. The Bertz CT molecular complexity index is 1530. The minimum Gasteiger partial charge on any atom is -0.494 e. The monoisotopic (exact) mass is 579 g/mol. The maximum absolute atomic E-state index is 13.6. The third-order valence-electron chi connectivity index (χ3n) is 5.52. The third kappa shape index (κ3) is 7.36. The number of carbonyl (C=O) groups is 2. The molecule has 40 heavy (non-hydrogen) atoms. The highest BCUT2D eigenvalue weighted by molar-refractivity contribution is 7.22. The van der Waals surface area contributed by atoms with E-state index in [0.29, 0.717) is 42.1 Å². The highest BCUT2D eigenvalue weighted by Gasteiger charge is 2.38. The Morgan fingerprint density at radius 1 is 1.15 bits per heavy atom. The number of hydrogen-bond acceptors (Lipinski definition) is 7. The Balaban J connectivity index is 0.000000559. The molecule has 0 unspecified atom stereocenters. The number of aromatic nitrogens is 2. The lowest BCUT2D eigenvalue weighted by Gasteiger charge is -2.11. The second-order valence-electron chi connectivity index (χ2n) is 8.73. The fourth-order valence-electron chi connectivity index (χ4n) is 3.77. The van der Waals surface area contributed by atoms with Crippen molar-refractivity contribution in [2.75, 3.05) is 20.3 Å². The van der Waals surface area contributed by atoms with E-state index in [9.17, 15) is 22.8 Å². The first-order valence-electron chi connectivity index (χ1n) is 12.2. The van der Waals surface area contributed by atoms with E-state index in [1.54, 1.807) is 10.8 Å². The van der Waals surface area contributed by atoms with E-state index in [0.717, 1.165) is 21.3 Å². The molecular formula is C27H28F3N3O6S. The standard InChI is InChI=1S/C25H27N3O4S.C2HF3O2/c1-16(2)32-14-8-13-27-24(29)23-21(31-3)20-22(33-23)18-10-4-5-11-19(18)28(25(20)30)15-17-9-6-7-12-26-17;3-2(4,5)1(6)7/h4-7,9-12,16H,8,13-15H2,1-3H3,(H,27,29);(H,6,7). The molecule has 0 aliphatic heterocycles. The van der Waals surface area contributed by atoms with Crippen molar-refractivity contribution in [3.05, 3.63) is 69.6 Å². The first-order valence-corrected chi connectivity index (χ1v) is 13.0. The van der Waals surface area contributed by atoms with Crippen LogP contribution in [0, 0.1) is 0 Å². The number of pyridine rings is 2. The first-order chi connectivity index (χ1) is 19.0. The van der Waals surface area contributed by atoms with Crippen molar-refractivity contribution in [2.45, 2.75) is 39.1 Å². The second-order valence-corrected chi connectivity index (χ2v) is 9.75. The number of carboxylic acids is 1. The van der Waals surface area contributed by atoms with Crippen LogP contribution in [0.15, 0.2) is 53.5 Å². The van der Waals surface area contributed by atoms with Gasteiger partial charge in [-0.05, 0) is 38.5 Å². The molecule has 4 aromatic rings. The number of benzene rings is 1. The zero-order valence-electron chi connectivity index (χ0n) is 21.9. The van der Waals surface area contributed by atoms with E-state index >= 15 is 0 Å². The summed E-state index contributed by atoms with van der Waals surface area (Å²) in [7, 11) is 1.49. The number of nitrogens with one attached hydrogen (secondary N) is 1. The summed E-state index contributed by atoms with van der Waals surface area (Å²) >= 11 is 1.29. The van der Waals surface area contributed by atoms with Crippen molar-refractivity contribution < 1.29 is 37.3 Å². The molecule has 13 heteroatoms. The number of alkyl halides is 3. The predicted molar refractivity (Wildman–Crippen MR) is 145 cm³/mol. The average molecular weight is 580 g/mol. The van der Waals surface area contributed by atoms with Crippen LogP contribution in [0.25, 0.3) is 21.0 Å². The number of thiophene rings is 1. The third-order valence-corrected chi connectivity index (χ3v) is 6.72. The molecular weight excluding hydrogens is 551 g/mol. The Labute approximate surface area is 231 Å². The number of ether oxygens (including phenoxy) is 2. The van der Waals surface area contributed by atoms with Gasteiger partial charge in [0.05, 0.1) is 35.7 Å². The molecule has 1 amide bonds. The number of hydrogen-bond donors (Lipinski definition) is 2. The van der Waals surface area contributed by atoms with E-state index in [2.05, 4.69) is 10.3 Å². The highest BCUT2D eigenvalue weighted by Crippen LogP contribution is 2.39. The van der Waals surface area contributed by atoms with Crippen LogP contribution >= 0.6 is 11.3 Å². The molecule has 0 bridgehead atoms. The van der Waals surface area contributed by atoms with Gasteiger partial charge in [0.25, 0.3) is 11.5 Å². The summed E-state index contributed by atoms with van der Waals surface area (Å²) in [4.78, 5) is 40.3. The minimum absolute atomic E-state index is 0.157. The van der Waals surface area contributed by atoms with Gasteiger partial charge in [0, 0.05) is 24.7 Å². The fourth-order valence-corrected chi connectivity index (χ4v) is 4.99. The molecule has 0 aliphatic carbocycles. The van der Waals surface area contributed by atoms with Crippen LogP contribution in [0.5, 0.6) is 5.75 Å². The predicted octanol–water partition coefficient (Wildman–Crippen LogP) is 4.85. The van der Waals surface area contributed by atoms with Crippen LogP contribution in [0.3, 0.4) is 0 Å². The van der Waals surface area contributed by atoms with Gasteiger partial charge in [0.15, 0.2) is 5.75 Å². The Kier molecular flexibility index (Phi) is 10.2. The molecule has 0 saturated carbocycles. The lowest BCUT2D eigenvalue weighted by molar-refractivity contribution is -0.192. The van der Waals surface area contributed by atoms with Gasteiger partial charge in [-0.15, -0.1) is 11.3 Å². The number of rotatable bonds is 9. The molecule has 214 valence electrons. The molecule has 4 rings (SSSR count). The molecule has 2 N–H and O–H groups in total. The lowest BCUT2D eigenvalue weighted by atomic mass is 10.1. The van der Waals surface area contributed by atoms with Crippen molar-refractivity contribution in [3.63, 3.8) is 0 Å². The van der Waals surface area contributed by atoms with Crippen LogP contribution in [0.1, 0.15) is 35.6 Å². The molecule has 1 aromatic carbocycles. The molecule has 0 atom stereocenters. The van der Waals surface area contributed by atoms with Gasteiger partial charge in [-0.25, -0.2) is 4.79 Å². The van der Waals surface area contributed by atoms with Gasteiger partial charge in [-0.2, -0.15) is 13.2 Å². The molecule has 0 radical (unpaired) electrons. The van der Waals surface area contributed by atoms with E-state index in [1.165, 1.54) is 18.4 Å². The van der Waals surface area contributed by atoms with E-state index in [1.807, 2.05) is 56.3 Å². The van der Waals surface area contributed by atoms with Crippen LogP contribution in [0.2, 0.25) is 0 Å². The summed E-state index contributed by atoms with van der Waals surface area (Å²) in [6, 6.07) is 13.3. The van der Waals surface area contributed by atoms with Crippen molar-refractivity contribution in [3.8, 4) is 5.75 Å². The van der Waals surface area contributed by atoms with Gasteiger partial charge < -0.3 is 24.5 Å². The second kappa shape index (κ2) is 13.4. The maximum atomic E-state index is 13.6. The molecule has 0 spiro atoms. The number of aliphatic carboxylic acids is 1. The number of para-hydroxylation sites is 1. The Morgan fingerprint density at radius 3 is 2.42 bits per heavy atom. The van der Waals surface area contributed by atoms with Gasteiger partial charge in [-0.3, -0.25) is 14.6 Å². The first kappa shape index (κ1) is 30.6. The van der Waals surface area contributed by atoms with Crippen LogP contribution in [0.4, 0.5) is 13.2 Å². The maximum Gasteiger partial charge on any atom is 0.490 e. The average Bonchev–Trinajstić information content (AvgIpc) is 3.31. The minimum atomic E-state index is -5.08. The number of carbonyl (C=O) groups excluding carboxylic acids is 1. The van der Waals surface area contributed by atoms with Crippen LogP contribution < -0.4 is 15.6 Å². The number of nitrogens with zero attached hydrogens (tertiary/aromatic N) is 2. The SMILES string of the molecule is COc1c(C(=O)NCCCOC(C)C)sc2c1c(=O)n(Cc1ccccn1)c1ccccc21.O=C(O)C(F)(F)F. The van der Waals surface area contributed by atoms with Crippen molar-refractivity contribution in [2.24, 2.45) is 0 Å². The van der Waals surface area contributed by atoms with E-state index in [4.69, 9.17) is 19.4 Å². The summed E-state index contributed by atoms with van der Waals surface area (Å²) in [5.74, 6) is -2.69. The summed E-state index contributed by atoms with van der Waals surface area (Å²) in [6.07, 6.45) is -2.51. The van der Waals surface area contributed by atoms with E-state index < -0.39 is 12.1 Å². The largest absolute Gasteiger partial charge is 0.494 e. The molecule has 0 saturated heterocycles. The summed E-state index contributed by atoms with van der Waals surface area (Å²) < 4.78 is 45.3. The van der Waals surface area contributed by atoms with Gasteiger partial charge in [0.2, 0.25) is 0 Å². The van der Waals surface area contributed by atoms with Crippen LogP contribution in [-0.2, 0) is 16.1 Å². The van der Waals surface area contributed by atoms with Crippen molar-refractivity contribution in [1.82, 2.24) is 14.9 Å². The Hall–Kier alpha value is -3.97. The van der Waals surface area contributed by atoms with Gasteiger partial charge in [-0.1, -0.05) is 24.3 Å². The smallest absolute Gasteiger partial charge is 0.490 e. The number of fused-ring (bicyclic) bond motifs is 3. The van der Waals surface area contributed by atoms with Crippen molar-refractivity contribution in [1.29, 1.82) is 0 Å². The Morgan fingerprint density at radius 2 is 1.82 bits per heavy atom. The summed E-state index contributed by atoms with van der Waals surface area (Å²) in [6.45, 7) is 5.34. The summed E-state index contributed by atoms with van der Waals surface area (Å²) in [5.41, 5.74) is 1.37. The van der Waals surface area contributed by atoms with Gasteiger partial charge in [0.1, 0.15) is 10.3 Å². The van der Waals surface area contributed by atoms with Crippen molar-refractivity contribution >= 4 is 44.2 Å².